The molecule has 0 spiro atoms. The first-order valence-corrected chi connectivity index (χ1v) is 14.2. The van der Waals surface area contributed by atoms with Gasteiger partial charge in [0.1, 0.15) is 0 Å². The molecule has 2 aromatic heterocycles. The Hall–Kier alpha value is -3.07. The molecule has 0 bridgehead atoms. The second kappa shape index (κ2) is 8.06. The van der Waals surface area contributed by atoms with Crippen LogP contribution in [0.3, 0.4) is 0 Å². The predicted octanol–water partition coefficient (Wildman–Crippen LogP) is 5.49. The van der Waals surface area contributed by atoms with E-state index < -0.39 is 5.96 Å². The maximum absolute atomic E-state index is 8.29. The number of fused-ring (bicyclic) bond motifs is 1. The normalized spacial score (nSPS) is 14.0. The number of nitrogens with zero attached hydrogens (tertiary/aromatic N) is 4. The quantitative estimate of drug-likeness (QED) is 0.318. The molecule has 0 radical (unpaired) electrons. The monoisotopic (exact) mass is 472 g/mol. The van der Waals surface area contributed by atoms with Crippen LogP contribution in [0.25, 0.3) is 5.65 Å². The van der Waals surface area contributed by atoms with Crippen LogP contribution < -0.4 is 15.9 Å². The van der Waals surface area contributed by atoms with Crippen LogP contribution in [0, 0.1) is 13.8 Å². The van der Waals surface area contributed by atoms with E-state index >= 15 is 0 Å². The molecule has 0 fully saturated rings. The standard InChI is InChI=1S/C27H26ClN4P/c1-20-19-29-21(2)27-30-26(31-32(20)27)22(3)33(28,23-13-7-4-8-14-23,24-15-9-5-10-16-24)25-17-11-6-12-18-25/h4-19,22H,1-3H3. The van der Waals surface area contributed by atoms with Crippen LogP contribution in [0.4, 0.5) is 0 Å². The van der Waals surface area contributed by atoms with Gasteiger partial charge in [0.15, 0.2) is 0 Å². The van der Waals surface area contributed by atoms with Gasteiger partial charge in [0.05, 0.1) is 0 Å². The van der Waals surface area contributed by atoms with E-state index in [0.29, 0.717) is 0 Å². The van der Waals surface area contributed by atoms with Gasteiger partial charge >= 0.3 is 199 Å². The maximum atomic E-state index is 8.29. The molecule has 33 heavy (non-hydrogen) atoms. The molecule has 0 aliphatic carbocycles. The van der Waals surface area contributed by atoms with Crippen LogP contribution in [0.15, 0.2) is 97.2 Å². The third kappa shape index (κ3) is 3.13. The molecule has 5 rings (SSSR count). The molecule has 1 atom stereocenters. The zero-order valence-corrected chi connectivity index (χ0v) is 20.6. The van der Waals surface area contributed by atoms with E-state index in [9.17, 15) is 0 Å². The van der Waals surface area contributed by atoms with Gasteiger partial charge in [-0.1, -0.05) is 0 Å². The predicted molar refractivity (Wildman–Crippen MR) is 140 cm³/mol. The van der Waals surface area contributed by atoms with E-state index in [4.69, 9.17) is 21.3 Å². The van der Waals surface area contributed by atoms with Crippen LogP contribution in [0.5, 0.6) is 0 Å². The van der Waals surface area contributed by atoms with Gasteiger partial charge in [0.25, 0.3) is 0 Å². The van der Waals surface area contributed by atoms with Gasteiger partial charge in [0, 0.05) is 0 Å². The summed E-state index contributed by atoms with van der Waals surface area (Å²) in [6, 6.07) is 31.4. The Kier molecular flexibility index (Phi) is 5.31. The van der Waals surface area contributed by atoms with Crippen molar-refractivity contribution in [2.45, 2.75) is 26.4 Å². The van der Waals surface area contributed by atoms with Gasteiger partial charge in [-0.15, -0.1) is 0 Å². The Balaban J connectivity index is 1.91. The average molecular weight is 473 g/mol. The van der Waals surface area contributed by atoms with Gasteiger partial charge in [-0.05, 0) is 0 Å². The van der Waals surface area contributed by atoms with Crippen molar-refractivity contribution in [3.05, 3.63) is 114 Å². The first-order chi connectivity index (χ1) is 15.9. The molecule has 0 saturated heterocycles. The third-order valence-electron chi connectivity index (χ3n) is 6.61. The van der Waals surface area contributed by atoms with Crippen molar-refractivity contribution in [3.8, 4) is 0 Å². The minimum atomic E-state index is -3.58. The van der Waals surface area contributed by atoms with E-state index in [0.717, 1.165) is 38.8 Å². The Morgan fingerprint density at radius 3 is 1.64 bits per heavy atom. The Morgan fingerprint density at radius 1 is 0.758 bits per heavy atom. The molecule has 0 saturated carbocycles. The fourth-order valence-electron chi connectivity index (χ4n) is 4.78. The topological polar surface area (TPSA) is 43.1 Å². The first-order valence-electron chi connectivity index (χ1n) is 11.0. The van der Waals surface area contributed by atoms with Gasteiger partial charge in [-0.3, -0.25) is 0 Å². The molecule has 2 heterocycles. The molecule has 3 aromatic carbocycles. The number of aryl methyl sites for hydroxylation is 2. The summed E-state index contributed by atoms with van der Waals surface area (Å²) in [5.41, 5.74) is 2.37. The van der Waals surface area contributed by atoms with Crippen LogP contribution in [-0.2, 0) is 0 Å². The zero-order valence-electron chi connectivity index (χ0n) is 18.9. The third-order valence-corrected chi connectivity index (χ3v) is 14.9. The number of rotatable bonds is 5. The van der Waals surface area contributed by atoms with Crippen molar-refractivity contribution in [2.24, 2.45) is 0 Å². The van der Waals surface area contributed by atoms with Crippen molar-refractivity contribution in [1.29, 1.82) is 0 Å². The summed E-state index contributed by atoms with van der Waals surface area (Å²) in [4.78, 5) is 9.49. The number of hydrogen-bond acceptors (Lipinski definition) is 3. The van der Waals surface area contributed by atoms with Crippen LogP contribution in [0.2, 0.25) is 0 Å². The second-order valence-corrected chi connectivity index (χ2v) is 15.0. The van der Waals surface area contributed by atoms with Crippen molar-refractivity contribution < 1.29 is 0 Å². The van der Waals surface area contributed by atoms with Crippen molar-refractivity contribution in [2.75, 3.05) is 0 Å². The summed E-state index contributed by atoms with van der Waals surface area (Å²) in [6.45, 7) is 6.13. The second-order valence-electron chi connectivity index (χ2n) is 8.45. The Bertz CT molecular complexity index is 1280. The average Bonchev–Trinajstić information content (AvgIpc) is 3.34. The fraction of sp³-hybridized carbons (Fsp3) is 0.148. The molecule has 0 N–H and O–H groups in total. The van der Waals surface area contributed by atoms with E-state index in [1.54, 1.807) is 0 Å². The summed E-state index contributed by atoms with van der Waals surface area (Å²) in [7, 11) is 0. The SMILES string of the molecule is Cc1ncc(C)n2nc(C(C)P(Cl)(c3ccccc3)(c3ccccc3)c3ccccc3)nc12. The Labute approximate surface area is 199 Å². The van der Waals surface area contributed by atoms with Gasteiger partial charge < -0.3 is 0 Å². The van der Waals surface area contributed by atoms with Crippen LogP contribution in [0.1, 0.15) is 29.8 Å². The summed E-state index contributed by atoms with van der Waals surface area (Å²) in [5, 5.41) is 8.27. The van der Waals surface area contributed by atoms with E-state index in [1.807, 2.05) is 42.8 Å². The minimum absolute atomic E-state index is 0.191. The summed E-state index contributed by atoms with van der Waals surface area (Å²) >= 11 is 8.29. The van der Waals surface area contributed by atoms with E-state index in [1.165, 1.54) is 0 Å². The Morgan fingerprint density at radius 2 is 1.21 bits per heavy atom. The van der Waals surface area contributed by atoms with E-state index in [2.05, 4.69) is 84.7 Å². The van der Waals surface area contributed by atoms with Gasteiger partial charge in [-0.25, -0.2) is 0 Å². The number of hydrogen-bond donors (Lipinski definition) is 0. The molecule has 166 valence electrons. The molecule has 0 aliphatic heterocycles. The molecule has 5 aromatic rings. The van der Waals surface area contributed by atoms with Crippen LogP contribution >= 0.6 is 17.2 Å². The van der Waals surface area contributed by atoms with E-state index in [-0.39, 0.29) is 5.66 Å². The first kappa shape index (κ1) is 21.8. The molecular formula is C27H26ClN4P. The molecule has 4 nitrogen and oxygen atoms in total. The fourth-order valence-corrected chi connectivity index (χ4v) is 11.1. The summed E-state index contributed by atoms with van der Waals surface area (Å²) in [5.74, 6) is -2.86. The molecular weight excluding hydrogens is 447 g/mol. The molecule has 0 amide bonds. The summed E-state index contributed by atoms with van der Waals surface area (Å²) < 4.78 is 1.88. The number of aromatic nitrogens is 4. The van der Waals surface area contributed by atoms with Crippen molar-refractivity contribution in [1.82, 2.24) is 19.6 Å². The number of benzene rings is 3. The van der Waals surface area contributed by atoms with Crippen LogP contribution in [-0.4, -0.2) is 19.6 Å². The molecule has 0 aliphatic rings. The van der Waals surface area contributed by atoms with Gasteiger partial charge in [-0.2, -0.15) is 0 Å². The molecule has 6 heteroatoms. The number of halogens is 1. The molecule has 1 unspecified atom stereocenters. The van der Waals surface area contributed by atoms with Crippen molar-refractivity contribution >= 4 is 38.8 Å². The zero-order chi connectivity index (χ0) is 23.1. The summed E-state index contributed by atoms with van der Waals surface area (Å²) in [6.07, 6.45) is 1.83. The van der Waals surface area contributed by atoms with Gasteiger partial charge in [0.2, 0.25) is 0 Å². The van der Waals surface area contributed by atoms with Crippen molar-refractivity contribution in [3.63, 3.8) is 0 Å².